The van der Waals surface area contributed by atoms with Crippen molar-refractivity contribution >= 4 is 11.8 Å². The zero-order valence-corrected chi connectivity index (χ0v) is 9.40. The van der Waals surface area contributed by atoms with E-state index in [0.29, 0.717) is 0 Å². The van der Waals surface area contributed by atoms with Crippen molar-refractivity contribution in [3.63, 3.8) is 0 Å². The van der Waals surface area contributed by atoms with Crippen LogP contribution in [0, 0.1) is 0 Å². The highest BCUT2D eigenvalue weighted by Crippen LogP contribution is 2.37. The summed E-state index contributed by atoms with van der Waals surface area (Å²) < 4.78 is 27.3. The molecule has 0 aliphatic carbocycles. The van der Waals surface area contributed by atoms with E-state index in [9.17, 15) is 13.9 Å². The van der Waals surface area contributed by atoms with Crippen LogP contribution in [0.2, 0.25) is 0 Å². The minimum absolute atomic E-state index is 0.0435. The first-order valence-corrected chi connectivity index (χ1v) is 5.25. The third kappa shape index (κ3) is 2.14. The molecular weight excluding hydrogens is 230 g/mol. The first-order valence-electron chi connectivity index (χ1n) is 5.25. The van der Waals surface area contributed by atoms with Crippen molar-refractivity contribution in [3.05, 3.63) is 12.3 Å². The Kier molecular flexibility index (Phi) is 2.65. The lowest BCUT2D eigenvalue weighted by Crippen LogP contribution is -2.59. The van der Waals surface area contributed by atoms with E-state index in [1.54, 1.807) is 0 Å². The van der Waals surface area contributed by atoms with Crippen LogP contribution in [-0.4, -0.2) is 39.7 Å². The van der Waals surface area contributed by atoms with Crippen LogP contribution in [0.4, 0.5) is 20.5 Å². The number of halogens is 2. The van der Waals surface area contributed by atoms with Crippen molar-refractivity contribution in [1.29, 1.82) is 0 Å². The van der Waals surface area contributed by atoms with Crippen LogP contribution >= 0.6 is 0 Å². The molecule has 2 rings (SSSR count). The van der Waals surface area contributed by atoms with E-state index in [4.69, 9.17) is 5.73 Å². The number of rotatable bonds is 1. The minimum Gasteiger partial charge on any atom is -0.384 e. The molecule has 1 fully saturated rings. The van der Waals surface area contributed by atoms with Crippen molar-refractivity contribution in [2.24, 2.45) is 0 Å². The Balaban J connectivity index is 2.21. The van der Waals surface area contributed by atoms with Gasteiger partial charge in [0, 0.05) is 12.7 Å². The van der Waals surface area contributed by atoms with E-state index in [-0.39, 0.29) is 24.7 Å². The van der Waals surface area contributed by atoms with E-state index in [1.165, 1.54) is 17.2 Å². The Morgan fingerprint density at radius 1 is 1.53 bits per heavy atom. The van der Waals surface area contributed by atoms with Gasteiger partial charge in [-0.1, -0.05) is 0 Å². The van der Waals surface area contributed by atoms with Crippen LogP contribution < -0.4 is 10.6 Å². The predicted octanol–water partition coefficient (Wildman–Crippen LogP) is 0.655. The molecule has 0 unspecified atom stereocenters. The fraction of sp³-hybridized carbons (Fsp3) is 0.600. The second kappa shape index (κ2) is 3.76. The number of aliphatic hydroxyl groups is 1. The van der Waals surface area contributed by atoms with Crippen molar-refractivity contribution in [2.45, 2.75) is 24.9 Å². The summed E-state index contributed by atoms with van der Waals surface area (Å²) in [5, 5.41) is 9.58. The van der Waals surface area contributed by atoms with Crippen LogP contribution in [0.1, 0.15) is 13.3 Å². The second-order valence-corrected chi connectivity index (χ2v) is 4.43. The lowest BCUT2D eigenvalue weighted by molar-refractivity contribution is -0.177. The van der Waals surface area contributed by atoms with Gasteiger partial charge in [-0.25, -0.2) is 13.8 Å². The van der Waals surface area contributed by atoms with E-state index in [1.807, 2.05) is 0 Å². The smallest absolute Gasteiger partial charge is 0.293 e. The molecule has 0 aromatic carbocycles. The maximum absolute atomic E-state index is 13.6. The van der Waals surface area contributed by atoms with Crippen molar-refractivity contribution < 1.29 is 13.9 Å². The first-order chi connectivity index (χ1) is 7.82. The monoisotopic (exact) mass is 244 g/mol. The molecule has 1 aliphatic heterocycles. The summed E-state index contributed by atoms with van der Waals surface area (Å²) >= 11 is 0. The highest BCUT2D eigenvalue weighted by atomic mass is 19.3. The van der Waals surface area contributed by atoms with Gasteiger partial charge >= 0.3 is 0 Å². The Labute approximate surface area is 97.3 Å². The average molecular weight is 244 g/mol. The summed E-state index contributed by atoms with van der Waals surface area (Å²) in [5.41, 5.74) is 3.49. The Hall–Kier alpha value is -1.50. The van der Waals surface area contributed by atoms with Gasteiger partial charge in [-0.15, -0.1) is 0 Å². The third-order valence-electron chi connectivity index (χ3n) is 2.99. The van der Waals surface area contributed by atoms with Gasteiger partial charge < -0.3 is 15.7 Å². The fourth-order valence-electron chi connectivity index (χ4n) is 1.71. The largest absolute Gasteiger partial charge is 0.384 e. The van der Waals surface area contributed by atoms with Crippen molar-refractivity contribution in [1.82, 2.24) is 9.97 Å². The molecule has 1 saturated heterocycles. The average Bonchev–Trinajstić information content (AvgIpc) is 2.22. The number of nitrogen functional groups attached to an aromatic ring is 1. The zero-order chi connectivity index (χ0) is 12.7. The van der Waals surface area contributed by atoms with E-state index < -0.39 is 18.1 Å². The number of alkyl halides is 2. The summed E-state index contributed by atoms with van der Waals surface area (Å²) in [4.78, 5) is 9.11. The number of aromatic nitrogens is 2. The maximum atomic E-state index is 13.6. The summed E-state index contributed by atoms with van der Waals surface area (Å²) in [7, 11) is 0. The second-order valence-electron chi connectivity index (χ2n) is 4.43. The lowest BCUT2D eigenvalue weighted by Gasteiger charge is -2.42. The highest BCUT2D eigenvalue weighted by molar-refractivity contribution is 5.39. The maximum Gasteiger partial charge on any atom is 0.293 e. The molecule has 17 heavy (non-hydrogen) atoms. The lowest BCUT2D eigenvalue weighted by atomic mass is 9.90. The van der Waals surface area contributed by atoms with Crippen LogP contribution in [0.25, 0.3) is 0 Å². The number of anilines is 2. The fourth-order valence-corrected chi connectivity index (χ4v) is 1.71. The summed E-state index contributed by atoms with van der Waals surface area (Å²) in [6, 6.07) is 1.49. The molecule has 0 amide bonds. The Bertz CT molecular complexity index is 425. The van der Waals surface area contributed by atoms with Gasteiger partial charge in [0.25, 0.3) is 5.92 Å². The number of hydrogen-bond donors (Lipinski definition) is 2. The van der Waals surface area contributed by atoms with Gasteiger partial charge in [-0.3, -0.25) is 0 Å². The number of hydrogen-bond acceptors (Lipinski definition) is 5. The topological polar surface area (TPSA) is 75.3 Å². The predicted molar refractivity (Wildman–Crippen MR) is 58.8 cm³/mol. The molecule has 0 bridgehead atoms. The van der Waals surface area contributed by atoms with Crippen molar-refractivity contribution in [2.75, 3.05) is 23.7 Å². The number of nitrogens with zero attached hydrogens (tertiary/aromatic N) is 3. The Morgan fingerprint density at radius 2 is 2.24 bits per heavy atom. The normalized spacial score (nSPS) is 28.1. The molecule has 7 heteroatoms. The van der Waals surface area contributed by atoms with Gasteiger partial charge in [-0.2, -0.15) is 4.98 Å². The van der Waals surface area contributed by atoms with Crippen LogP contribution in [0.5, 0.6) is 0 Å². The number of piperidine rings is 1. The molecule has 3 N–H and O–H groups in total. The van der Waals surface area contributed by atoms with E-state index in [2.05, 4.69) is 9.97 Å². The summed E-state index contributed by atoms with van der Waals surface area (Å²) in [6.07, 6.45) is 1.38. The molecule has 1 aromatic rings. The Morgan fingerprint density at radius 3 is 2.82 bits per heavy atom. The first kappa shape index (κ1) is 12.0. The molecule has 1 aliphatic rings. The SMILES string of the molecule is C[C@]1(O)CCN(c2nccc(N)n2)CC1(F)F. The molecule has 2 heterocycles. The van der Waals surface area contributed by atoms with Crippen LogP contribution in [-0.2, 0) is 0 Å². The molecule has 94 valence electrons. The van der Waals surface area contributed by atoms with Crippen molar-refractivity contribution in [3.8, 4) is 0 Å². The molecular formula is C10H14F2N4O. The van der Waals surface area contributed by atoms with Gasteiger partial charge in [0.2, 0.25) is 5.95 Å². The van der Waals surface area contributed by atoms with Gasteiger partial charge in [0.05, 0.1) is 6.54 Å². The zero-order valence-electron chi connectivity index (χ0n) is 9.40. The molecule has 5 nitrogen and oxygen atoms in total. The molecule has 1 atom stereocenters. The van der Waals surface area contributed by atoms with E-state index >= 15 is 0 Å². The van der Waals surface area contributed by atoms with Gasteiger partial charge in [0.15, 0.2) is 0 Å². The standard InChI is InChI=1S/C10H14F2N4O/c1-9(17)3-5-16(6-10(9,11)12)8-14-4-2-7(13)15-8/h2,4,17H,3,5-6H2,1H3,(H2,13,14,15)/t9-/m0/s1. The quantitative estimate of drug-likeness (QED) is 0.758. The molecule has 0 spiro atoms. The summed E-state index contributed by atoms with van der Waals surface area (Å²) in [6.45, 7) is 0.806. The van der Waals surface area contributed by atoms with Crippen LogP contribution in [0.15, 0.2) is 12.3 Å². The van der Waals surface area contributed by atoms with Gasteiger partial charge in [0.1, 0.15) is 11.4 Å². The number of nitrogens with two attached hydrogens (primary N) is 1. The third-order valence-corrected chi connectivity index (χ3v) is 2.99. The van der Waals surface area contributed by atoms with Crippen LogP contribution in [0.3, 0.4) is 0 Å². The molecule has 0 saturated carbocycles. The van der Waals surface area contributed by atoms with Gasteiger partial charge in [-0.05, 0) is 19.4 Å². The summed E-state index contributed by atoms with van der Waals surface area (Å²) in [5.74, 6) is -2.80. The minimum atomic E-state index is -3.20. The molecule has 1 aromatic heterocycles. The van der Waals surface area contributed by atoms with E-state index in [0.717, 1.165) is 6.92 Å². The molecule has 0 radical (unpaired) electrons. The highest BCUT2D eigenvalue weighted by Gasteiger charge is 2.53.